The first-order valence-corrected chi connectivity index (χ1v) is 8.14. The Morgan fingerprint density at radius 3 is 3.22 bits per heavy atom. The summed E-state index contributed by atoms with van der Waals surface area (Å²) in [5, 5.41) is 12.4. The summed E-state index contributed by atoms with van der Waals surface area (Å²) in [7, 11) is 0. The van der Waals surface area contributed by atoms with Gasteiger partial charge in [0.2, 0.25) is 0 Å². The van der Waals surface area contributed by atoms with Crippen LogP contribution in [0.2, 0.25) is 0 Å². The van der Waals surface area contributed by atoms with E-state index in [9.17, 15) is 4.79 Å². The van der Waals surface area contributed by atoms with E-state index in [4.69, 9.17) is 5.11 Å². The van der Waals surface area contributed by atoms with E-state index in [1.54, 1.807) is 11.3 Å². The lowest BCUT2D eigenvalue weighted by Gasteiger charge is -2.31. The Morgan fingerprint density at radius 1 is 1.67 bits per heavy atom. The molecule has 2 rings (SSSR count). The minimum atomic E-state index is -0.759. The molecule has 0 aliphatic carbocycles. The molecule has 1 saturated heterocycles. The lowest BCUT2D eigenvalue weighted by atomic mass is 10.2. The Hall–Kier alpha value is -0.750. The number of aryl methyl sites for hydroxylation is 1. The molecular formula is C12H18N2O2S2. The fourth-order valence-corrected chi connectivity index (χ4v) is 4.01. The zero-order chi connectivity index (χ0) is 13.0. The van der Waals surface area contributed by atoms with Crippen molar-refractivity contribution < 1.29 is 9.90 Å². The summed E-state index contributed by atoms with van der Waals surface area (Å²) in [5.41, 5.74) is 0.906. The maximum absolute atomic E-state index is 10.5. The number of hydrogen-bond acceptors (Lipinski definition) is 5. The van der Waals surface area contributed by atoms with E-state index in [1.807, 2.05) is 17.1 Å². The van der Waals surface area contributed by atoms with Gasteiger partial charge in [-0.3, -0.25) is 4.79 Å². The molecule has 2 heterocycles. The Kier molecular flexibility index (Phi) is 4.88. The van der Waals surface area contributed by atoms with Crippen molar-refractivity contribution in [1.29, 1.82) is 0 Å². The van der Waals surface area contributed by atoms with Crippen LogP contribution in [0.25, 0.3) is 0 Å². The summed E-state index contributed by atoms with van der Waals surface area (Å²) >= 11 is 3.67. The zero-order valence-corrected chi connectivity index (χ0v) is 12.1. The number of thiazole rings is 1. The molecule has 1 aliphatic rings. The Labute approximate surface area is 115 Å². The number of aromatic nitrogens is 1. The van der Waals surface area contributed by atoms with E-state index in [0.717, 1.165) is 29.7 Å². The third kappa shape index (κ3) is 3.62. The third-order valence-corrected chi connectivity index (χ3v) is 5.32. The molecule has 0 amide bonds. The van der Waals surface area contributed by atoms with Crippen molar-refractivity contribution in [3.05, 3.63) is 11.1 Å². The number of anilines is 1. The molecule has 18 heavy (non-hydrogen) atoms. The molecule has 0 radical (unpaired) electrons. The first kappa shape index (κ1) is 13.7. The van der Waals surface area contributed by atoms with Crippen LogP contribution in [0.4, 0.5) is 5.13 Å². The summed E-state index contributed by atoms with van der Waals surface area (Å²) in [6.07, 6.45) is 1.89. The quantitative estimate of drug-likeness (QED) is 0.901. The van der Waals surface area contributed by atoms with Crippen LogP contribution in [0.1, 0.15) is 25.5 Å². The van der Waals surface area contributed by atoms with Gasteiger partial charge in [0, 0.05) is 35.9 Å². The molecule has 1 aromatic rings. The Morgan fingerprint density at radius 2 is 2.50 bits per heavy atom. The molecule has 1 fully saturated rings. The minimum Gasteiger partial charge on any atom is -0.481 e. The maximum atomic E-state index is 10.5. The number of aliphatic carboxylic acids is 1. The van der Waals surface area contributed by atoms with E-state index in [2.05, 4.69) is 16.8 Å². The lowest BCUT2D eigenvalue weighted by Crippen LogP contribution is -2.37. The molecule has 4 nitrogen and oxygen atoms in total. The monoisotopic (exact) mass is 286 g/mol. The van der Waals surface area contributed by atoms with Crippen molar-refractivity contribution in [3.8, 4) is 0 Å². The second kappa shape index (κ2) is 6.43. The highest BCUT2D eigenvalue weighted by Crippen LogP contribution is 2.28. The largest absolute Gasteiger partial charge is 0.481 e. The number of carbonyl (C=O) groups is 1. The van der Waals surface area contributed by atoms with Gasteiger partial charge in [0.05, 0.1) is 12.1 Å². The van der Waals surface area contributed by atoms with Crippen LogP contribution >= 0.6 is 23.1 Å². The molecule has 0 saturated carbocycles. The molecule has 1 atom stereocenters. The van der Waals surface area contributed by atoms with Crippen LogP contribution in [0, 0.1) is 0 Å². The molecule has 0 spiro atoms. The molecule has 1 aromatic heterocycles. The van der Waals surface area contributed by atoms with Crippen LogP contribution in [-0.2, 0) is 11.2 Å². The van der Waals surface area contributed by atoms with Gasteiger partial charge in [-0.2, -0.15) is 11.8 Å². The molecular weight excluding hydrogens is 268 g/mol. The van der Waals surface area contributed by atoms with E-state index in [-0.39, 0.29) is 6.42 Å². The number of thioether (sulfide) groups is 1. The molecule has 1 unspecified atom stereocenters. The molecule has 6 heteroatoms. The topological polar surface area (TPSA) is 53.4 Å². The van der Waals surface area contributed by atoms with Gasteiger partial charge < -0.3 is 10.0 Å². The molecule has 0 aromatic carbocycles. The van der Waals surface area contributed by atoms with Gasteiger partial charge in [0.15, 0.2) is 5.13 Å². The number of nitrogens with zero attached hydrogens (tertiary/aromatic N) is 2. The van der Waals surface area contributed by atoms with Gasteiger partial charge in [-0.15, -0.1) is 11.3 Å². The van der Waals surface area contributed by atoms with Gasteiger partial charge in [-0.05, 0) is 6.42 Å². The molecule has 0 bridgehead atoms. The van der Waals surface area contributed by atoms with E-state index in [0.29, 0.717) is 11.7 Å². The van der Waals surface area contributed by atoms with Crippen molar-refractivity contribution in [2.75, 3.05) is 23.7 Å². The van der Waals surface area contributed by atoms with Crippen molar-refractivity contribution in [3.63, 3.8) is 0 Å². The molecule has 1 aliphatic heterocycles. The molecule has 1 N–H and O–H groups in total. The zero-order valence-electron chi connectivity index (χ0n) is 10.5. The molecule has 100 valence electrons. The average Bonchev–Trinajstić information content (AvgIpc) is 2.85. The van der Waals surface area contributed by atoms with Crippen LogP contribution < -0.4 is 4.90 Å². The third-order valence-electron chi connectivity index (χ3n) is 3.00. The minimum absolute atomic E-state index is 0.163. The predicted octanol–water partition coefficient (Wildman–Crippen LogP) is 2.49. The summed E-state index contributed by atoms with van der Waals surface area (Å²) in [6, 6.07) is 0. The fraction of sp³-hybridized carbons (Fsp3) is 0.667. The van der Waals surface area contributed by atoms with Crippen molar-refractivity contribution >= 4 is 34.2 Å². The van der Waals surface area contributed by atoms with E-state index < -0.39 is 5.97 Å². The van der Waals surface area contributed by atoms with Crippen molar-refractivity contribution in [2.24, 2.45) is 0 Å². The summed E-state index contributed by atoms with van der Waals surface area (Å²) in [6.45, 7) is 4.33. The van der Waals surface area contributed by atoms with Gasteiger partial charge >= 0.3 is 5.97 Å². The number of carboxylic acid groups (broad SMARTS) is 1. The fourth-order valence-electron chi connectivity index (χ4n) is 1.93. The summed E-state index contributed by atoms with van der Waals surface area (Å²) < 4.78 is 0. The van der Waals surface area contributed by atoms with Crippen LogP contribution in [-0.4, -0.2) is 40.2 Å². The first-order chi connectivity index (χ1) is 8.69. The van der Waals surface area contributed by atoms with Gasteiger partial charge in [0.25, 0.3) is 0 Å². The summed E-state index contributed by atoms with van der Waals surface area (Å²) in [5.74, 6) is 0.396. The second-order valence-corrected chi connectivity index (χ2v) is 6.61. The van der Waals surface area contributed by atoms with Gasteiger partial charge in [-0.1, -0.05) is 6.92 Å². The number of hydrogen-bond donors (Lipinski definition) is 1. The highest BCUT2D eigenvalue weighted by molar-refractivity contribution is 8.00. The predicted molar refractivity (Wildman–Crippen MR) is 76.8 cm³/mol. The first-order valence-electron chi connectivity index (χ1n) is 6.21. The standard InChI is InChI=1S/C12H18N2O2S2/c1-2-10-7-14(5-6-17-10)12-13-9(8-18-12)3-4-11(15)16/h8,10H,2-7H2,1H3,(H,15,16). The van der Waals surface area contributed by atoms with E-state index in [1.165, 1.54) is 6.42 Å². The van der Waals surface area contributed by atoms with Gasteiger partial charge in [-0.25, -0.2) is 4.98 Å². The van der Waals surface area contributed by atoms with Crippen molar-refractivity contribution in [2.45, 2.75) is 31.4 Å². The Balaban J connectivity index is 1.94. The number of rotatable bonds is 5. The van der Waals surface area contributed by atoms with Crippen LogP contribution in [0.15, 0.2) is 5.38 Å². The van der Waals surface area contributed by atoms with Crippen LogP contribution in [0.3, 0.4) is 0 Å². The highest BCUT2D eigenvalue weighted by Gasteiger charge is 2.21. The Bertz CT molecular complexity index is 409. The van der Waals surface area contributed by atoms with E-state index >= 15 is 0 Å². The normalized spacial score (nSPS) is 20.1. The lowest BCUT2D eigenvalue weighted by molar-refractivity contribution is -0.136. The van der Waals surface area contributed by atoms with Crippen molar-refractivity contribution in [1.82, 2.24) is 4.98 Å². The highest BCUT2D eigenvalue weighted by atomic mass is 32.2. The number of carboxylic acids is 1. The van der Waals surface area contributed by atoms with Crippen LogP contribution in [0.5, 0.6) is 0 Å². The average molecular weight is 286 g/mol. The van der Waals surface area contributed by atoms with Gasteiger partial charge in [0.1, 0.15) is 0 Å². The maximum Gasteiger partial charge on any atom is 0.303 e. The second-order valence-electron chi connectivity index (χ2n) is 4.36. The summed E-state index contributed by atoms with van der Waals surface area (Å²) in [4.78, 5) is 17.4. The SMILES string of the molecule is CCC1CN(c2nc(CCC(=O)O)cs2)CCS1. The smallest absolute Gasteiger partial charge is 0.303 e.